The van der Waals surface area contributed by atoms with Gasteiger partial charge in [0.15, 0.2) is 5.69 Å². The number of ether oxygens (including phenoxy) is 1. The van der Waals surface area contributed by atoms with E-state index in [0.717, 1.165) is 0 Å². The maximum atomic E-state index is 11.6. The lowest BCUT2D eigenvalue weighted by Gasteiger charge is -2.01. The van der Waals surface area contributed by atoms with Crippen molar-refractivity contribution in [1.82, 2.24) is 14.4 Å². The molecule has 106 valence electrons. The number of rotatable bonds is 3. The lowest BCUT2D eigenvalue weighted by atomic mass is 10.1. The molecule has 0 aliphatic carbocycles. The van der Waals surface area contributed by atoms with E-state index in [-0.39, 0.29) is 11.6 Å². The molecule has 3 rings (SSSR count). The van der Waals surface area contributed by atoms with Crippen LogP contribution in [0.3, 0.4) is 0 Å². The van der Waals surface area contributed by atoms with Crippen LogP contribution in [-0.2, 0) is 0 Å². The highest BCUT2D eigenvalue weighted by Crippen LogP contribution is 2.28. The minimum Gasteiger partial charge on any atom is -0.478 e. The number of fused-ring (bicyclic) bond motifs is 1. The van der Waals surface area contributed by atoms with Gasteiger partial charge in [-0.05, 0) is 12.1 Å². The standard InChI is InChI=1S/C14H10ClN3O3/c1-21-13-12-17-10(8-2-4-9(15)5-3-8)11(14(19)20)18(12)7-6-16-13/h2-7H,1H3,(H,19,20). The normalized spacial score (nSPS) is 10.8. The molecule has 2 heterocycles. The van der Waals surface area contributed by atoms with Crippen molar-refractivity contribution >= 4 is 23.2 Å². The molecule has 0 aliphatic heterocycles. The largest absolute Gasteiger partial charge is 0.478 e. The summed E-state index contributed by atoms with van der Waals surface area (Å²) < 4.78 is 6.56. The van der Waals surface area contributed by atoms with E-state index in [1.807, 2.05) is 0 Å². The topological polar surface area (TPSA) is 76.7 Å². The van der Waals surface area contributed by atoms with Crippen molar-refractivity contribution in [2.24, 2.45) is 0 Å². The number of carboxylic acids is 1. The lowest BCUT2D eigenvalue weighted by molar-refractivity contribution is 0.0690. The number of methoxy groups -OCH3 is 1. The van der Waals surface area contributed by atoms with Gasteiger partial charge in [0, 0.05) is 23.0 Å². The average molecular weight is 304 g/mol. The van der Waals surface area contributed by atoms with Crippen molar-refractivity contribution in [3.8, 4) is 17.1 Å². The Bertz CT molecular complexity index is 827. The summed E-state index contributed by atoms with van der Waals surface area (Å²) in [6.45, 7) is 0. The second-order valence-electron chi connectivity index (χ2n) is 4.25. The number of nitrogens with zero attached hydrogens (tertiary/aromatic N) is 3. The van der Waals surface area contributed by atoms with Gasteiger partial charge in [-0.25, -0.2) is 14.8 Å². The predicted octanol–water partition coefficient (Wildman–Crippen LogP) is 2.76. The Morgan fingerprint density at radius 3 is 2.67 bits per heavy atom. The number of carbonyl (C=O) groups is 1. The van der Waals surface area contributed by atoms with E-state index in [4.69, 9.17) is 16.3 Å². The van der Waals surface area contributed by atoms with E-state index in [1.165, 1.54) is 23.9 Å². The SMILES string of the molecule is COc1nccn2c(C(=O)O)c(-c3ccc(Cl)cc3)nc12. The summed E-state index contributed by atoms with van der Waals surface area (Å²) in [6, 6.07) is 6.80. The summed E-state index contributed by atoms with van der Waals surface area (Å²) in [5, 5.41) is 10.1. The van der Waals surface area contributed by atoms with Gasteiger partial charge < -0.3 is 9.84 Å². The summed E-state index contributed by atoms with van der Waals surface area (Å²) in [5.41, 5.74) is 1.39. The minimum absolute atomic E-state index is 0.0491. The van der Waals surface area contributed by atoms with Crippen LogP contribution in [-0.4, -0.2) is 32.6 Å². The second-order valence-corrected chi connectivity index (χ2v) is 4.69. The third kappa shape index (κ3) is 2.19. The molecule has 2 aromatic heterocycles. The highest BCUT2D eigenvalue weighted by Gasteiger charge is 2.22. The molecule has 7 heteroatoms. The molecule has 0 amide bonds. The number of carboxylic acid groups (broad SMARTS) is 1. The lowest BCUT2D eigenvalue weighted by Crippen LogP contribution is -2.04. The van der Waals surface area contributed by atoms with E-state index >= 15 is 0 Å². The Balaban J connectivity index is 2.34. The zero-order valence-electron chi connectivity index (χ0n) is 10.9. The van der Waals surface area contributed by atoms with Gasteiger partial charge in [-0.15, -0.1) is 0 Å². The summed E-state index contributed by atoms with van der Waals surface area (Å²) in [6.07, 6.45) is 3.00. The van der Waals surface area contributed by atoms with Crippen molar-refractivity contribution in [1.29, 1.82) is 0 Å². The highest BCUT2D eigenvalue weighted by molar-refractivity contribution is 6.30. The molecule has 3 aromatic rings. The summed E-state index contributed by atoms with van der Waals surface area (Å²) in [5.74, 6) is -0.819. The fraction of sp³-hybridized carbons (Fsp3) is 0.0714. The molecule has 0 fully saturated rings. The van der Waals surface area contributed by atoms with E-state index in [1.54, 1.807) is 24.3 Å². The third-order valence-corrected chi connectivity index (χ3v) is 3.28. The number of imidazole rings is 1. The molecule has 0 unspecified atom stereocenters. The van der Waals surface area contributed by atoms with E-state index in [0.29, 0.717) is 21.9 Å². The van der Waals surface area contributed by atoms with Crippen LogP contribution in [0.4, 0.5) is 0 Å². The van der Waals surface area contributed by atoms with Crippen LogP contribution < -0.4 is 4.74 Å². The molecule has 6 nitrogen and oxygen atoms in total. The van der Waals surface area contributed by atoms with Gasteiger partial charge in [0.25, 0.3) is 5.88 Å². The van der Waals surface area contributed by atoms with Crippen molar-refractivity contribution in [3.63, 3.8) is 0 Å². The summed E-state index contributed by atoms with van der Waals surface area (Å²) >= 11 is 5.86. The molecule has 0 aliphatic rings. The molecular formula is C14H10ClN3O3. The van der Waals surface area contributed by atoms with Gasteiger partial charge in [-0.3, -0.25) is 4.40 Å². The number of halogens is 1. The van der Waals surface area contributed by atoms with E-state index in [2.05, 4.69) is 9.97 Å². The smallest absolute Gasteiger partial charge is 0.355 e. The molecule has 0 radical (unpaired) electrons. The molecule has 1 N–H and O–H groups in total. The first-order chi connectivity index (χ1) is 10.1. The molecule has 0 bridgehead atoms. The average Bonchev–Trinajstić information content (AvgIpc) is 2.87. The second kappa shape index (κ2) is 5.06. The monoisotopic (exact) mass is 303 g/mol. The van der Waals surface area contributed by atoms with Crippen LogP contribution in [0.1, 0.15) is 10.5 Å². The van der Waals surface area contributed by atoms with Crippen molar-refractivity contribution in [2.75, 3.05) is 7.11 Å². The van der Waals surface area contributed by atoms with Crippen LogP contribution in [0.25, 0.3) is 16.9 Å². The number of hydrogen-bond donors (Lipinski definition) is 1. The zero-order chi connectivity index (χ0) is 15.0. The van der Waals surface area contributed by atoms with Crippen LogP contribution in [0, 0.1) is 0 Å². The van der Waals surface area contributed by atoms with Crippen LogP contribution in [0.5, 0.6) is 5.88 Å². The predicted molar refractivity (Wildman–Crippen MR) is 76.9 cm³/mol. The first-order valence-corrected chi connectivity index (χ1v) is 6.40. The number of benzene rings is 1. The fourth-order valence-electron chi connectivity index (χ4n) is 2.11. The number of aromatic nitrogens is 3. The number of hydrogen-bond acceptors (Lipinski definition) is 4. The maximum absolute atomic E-state index is 11.6. The molecule has 0 atom stereocenters. The quantitative estimate of drug-likeness (QED) is 0.805. The van der Waals surface area contributed by atoms with Crippen LogP contribution in [0.15, 0.2) is 36.7 Å². The van der Waals surface area contributed by atoms with Gasteiger partial charge in [-0.1, -0.05) is 23.7 Å². The van der Waals surface area contributed by atoms with Gasteiger partial charge in [0.1, 0.15) is 5.69 Å². The fourth-order valence-corrected chi connectivity index (χ4v) is 2.24. The summed E-state index contributed by atoms with van der Waals surface area (Å²) in [4.78, 5) is 20.0. The molecule has 21 heavy (non-hydrogen) atoms. The molecule has 0 saturated heterocycles. The van der Waals surface area contributed by atoms with Gasteiger partial charge in [0.2, 0.25) is 5.65 Å². The minimum atomic E-state index is -1.08. The third-order valence-electron chi connectivity index (χ3n) is 3.02. The Morgan fingerprint density at radius 2 is 2.05 bits per heavy atom. The molecule has 0 saturated carbocycles. The number of aromatic carboxylic acids is 1. The van der Waals surface area contributed by atoms with Crippen molar-refractivity contribution in [3.05, 3.63) is 47.4 Å². The Hall–Kier alpha value is -2.60. The first kappa shape index (κ1) is 13.4. The van der Waals surface area contributed by atoms with Crippen LogP contribution >= 0.6 is 11.6 Å². The highest BCUT2D eigenvalue weighted by atomic mass is 35.5. The van der Waals surface area contributed by atoms with E-state index < -0.39 is 5.97 Å². The van der Waals surface area contributed by atoms with Crippen LogP contribution in [0.2, 0.25) is 5.02 Å². The molecular weight excluding hydrogens is 294 g/mol. The maximum Gasteiger partial charge on any atom is 0.355 e. The van der Waals surface area contributed by atoms with Gasteiger partial charge >= 0.3 is 5.97 Å². The van der Waals surface area contributed by atoms with Crippen molar-refractivity contribution < 1.29 is 14.6 Å². The van der Waals surface area contributed by atoms with Crippen molar-refractivity contribution in [2.45, 2.75) is 0 Å². The molecule has 0 spiro atoms. The van der Waals surface area contributed by atoms with Gasteiger partial charge in [0.05, 0.1) is 7.11 Å². The Labute approximate surface area is 124 Å². The van der Waals surface area contributed by atoms with E-state index in [9.17, 15) is 9.90 Å². The Kier molecular flexibility index (Phi) is 3.23. The van der Waals surface area contributed by atoms with Gasteiger partial charge in [-0.2, -0.15) is 0 Å². The first-order valence-electron chi connectivity index (χ1n) is 6.02. The summed E-state index contributed by atoms with van der Waals surface area (Å²) in [7, 11) is 1.46. The molecule has 1 aromatic carbocycles. The Morgan fingerprint density at radius 1 is 1.33 bits per heavy atom. The zero-order valence-corrected chi connectivity index (χ0v) is 11.7.